The molecule has 3 saturated heterocycles. The molecule has 0 saturated carbocycles. The summed E-state index contributed by atoms with van der Waals surface area (Å²) < 4.78 is 16.8. The molecule has 0 spiro atoms. The van der Waals surface area contributed by atoms with E-state index in [9.17, 15) is 0 Å². The number of methoxy groups -OCH3 is 1. The molecule has 25 heavy (non-hydrogen) atoms. The minimum atomic E-state index is -0.127. The van der Waals surface area contributed by atoms with Gasteiger partial charge in [-0.25, -0.2) is 0 Å². The quantitative estimate of drug-likeness (QED) is 0.374. The molecule has 1 N–H and O–H groups in total. The third kappa shape index (κ3) is 5.41. The molecule has 3 heterocycles. The van der Waals surface area contributed by atoms with E-state index in [-0.39, 0.29) is 29.6 Å². The van der Waals surface area contributed by atoms with Crippen LogP contribution >= 0.6 is 24.0 Å². The van der Waals surface area contributed by atoms with Gasteiger partial charge in [0.2, 0.25) is 0 Å². The maximum absolute atomic E-state index is 5.81. The number of nitrogens with zero attached hydrogens (tertiary/aromatic N) is 3. The van der Waals surface area contributed by atoms with Crippen LogP contribution in [-0.4, -0.2) is 101 Å². The summed E-state index contributed by atoms with van der Waals surface area (Å²) in [6, 6.07) is 0.618. The Bertz CT molecular complexity index is 426. The number of guanidine groups is 1. The van der Waals surface area contributed by atoms with Gasteiger partial charge < -0.3 is 24.4 Å². The van der Waals surface area contributed by atoms with Crippen molar-refractivity contribution < 1.29 is 14.2 Å². The molecule has 1 atom stereocenters. The van der Waals surface area contributed by atoms with Gasteiger partial charge in [0.05, 0.1) is 18.8 Å². The van der Waals surface area contributed by atoms with E-state index in [0.717, 1.165) is 78.0 Å². The third-order valence-electron chi connectivity index (χ3n) is 5.64. The topological polar surface area (TPSA) is 58.6 Å². The normalized spacial score (nSPS) is 27.8. The number of hydrogen-bond donors (Lipinski definition) is 1. The molecule has 0 radical (unpaired) electrons. The van der Waals surface area contributed by atoms with Gasteiger partial charge in [-0.3, -0.25) is 9.89 Å². The fourth-order valence-corrected chi connectivity index (χ4v) is 3.94. The molecule has 0 aromatic carbocycles. The molecule has 3 rings (SSSR count). The lowest BCUT2D eigenvalue weighted by atomic mass is 9.94. The zero-order chi connectivity index (χ0) is 16.8. The van der Waals surface area contributed by atoms with Crippen LogP contribution in [0.5, 0.6) is 0 Å². The summed E-state index contributed by atoms with van der Waals surface area (Å²) in [5.41, 5.74) is -0.127. The molecular weight excluding hydrogens is 435 g/mol. The number of ether oxygens (including phenoxy) is 3. The predicted octanol–water partition coefficient (Wildman–Crippen LogP) is 0.782. The van der Waals surface area contributed by atoms with Gasteiger partial charge in [0.25, 0.3) is 0 Å². The maximum Gasteiger partial charge on any atom is 0.193 e. The van der Waals surface area contributed by atoms with Crippen LogP contribution < -0.4 is 5.32 Å². The van der Waals surface area contributed by atoms with Crippen LogP contribution in [0.4, 0.5) is 0 Å². The van der Waals surface area contributed by atoms with Crippen molar-refractivity contribution >= 4 is 29.9 Å². The smallest absolute Gasteiger partial charge is 0.193 e. The summed E-state index contributed by atoms with van der Waals surface area (Å²) >= 11 is 0. The molecule has 0 bridgehead atoms. The number of halogens is 1. The second-order valence-electron chi connectivity index (χ2n) is 6.94. The van der Waals surface area contributed by atoms with Crippen molar-refractivity contribution in [1.29, 1.82) is 0 Å². The molecule has 146 valence electrons. The van der Waals surface area contributed by atoms with Crippen molar-refractivity contribution in [2.24, 2.45) is 4.99 Å². The molecule has 3 aliphatic heterocycles. The number of aliphatic imine (C=N–C) groups is 1. The molecule has 7 nitrogen and oxygen atoms in total. The number of morpholine rings is 1. The minimum Gasteiger partial charge on any atom is -0.381 e. The second-order valence-corrected chi connectivity index (χ2v) is 6.94. The van der Waals surface area contributed by atoms with E-state index in [2.05, 4.69) is 20.1 Å². The van der Waals surface area contributed by atoms with E-state index in [4.69, 9.17) is 14.2 Å². The average molecular weight is 468 g/mol. The Morgan fingerprint density at radius 3 is 2.48 bits per heavy atom. The number of likely N-dealkylation sites (tertiary alicyclic amines) is 1. The molecule has 3 aliphatic rings. The molecule has 0 aromatic heterocycles. The van der Waals surface area contributed by atoms with Gasteiger partial charge in [-0.2, -0.15) is 0 Å². The van der Waals surface area contributed by atoms with Gasteiger partial charge >= 0.3 is 0 Å². The van der Waals surface area contributed by atoms with Gasteiger partial charge in [0.1, 0.15) is 0 Å². The van der Waals surface area contributed by atoms with E-state index in [1.54, 1.807) is 7.11 Å². The highest BCUT2D eigenvalue weighted by Crippen LogP contribution is 2.24. The lowest BCUT2D eigenvalue weighted by Crippen LogP contribution is -2.52. The Labute approximate surface area is 168 Å². The van der Waals surface area contributed by atoms with Crippen molar-refractivity contribution in [1.82, 2.24) is 15.1 Å². The molecular formula is C17H33IN4O3. The van der Waals surface area contributed by atoms with Crippen molar-refractivity contribution in [3.8, 4) is 0 Å². The van der Waals surface area contributed by atoms with E-state index in [0.29, 0.717) is 6.04 Å². The zero-order valence-corrected chi connectivity index (χ0v) is 17.9. The monoisotopic (exact) mass is 468 g/mol. The van der Waals surface area contributed by atoms with Gasteiger partial charge in [-0.05, 0) is 6.42 Å². The van der Waals surface area contributed by atoms with E-state index < -0.39 is 0 Å². The Balaban J connectivity index is 0.00000225. The summed E-state index contributed by atoms with van der Waals surface area (Å²) in [5, 5.41) is 3.55. The minimum absolute atomic E-state index is 0. The van der Waals surface area contributed by atoms with Gasteiger partial charge in [0, 0.05) is 79.0 Å². The van der Waals surface area contributed by atoms with Crippen LogP contribution in [0, 0.1) is 0 Å². The van der Waals surface area contributed by atoms with E-state index >= 15 is 0 Å². The first-order valence-corrected chi connectivity index (χ1v) is 9.17. The average Bonchev–Trinajstić information content (AvgIpc) is 3.14. The first-order chi connectivity index (χ1) is 11.8. The van der Waals surface area contributed by atoms with Gasteiger partial charge in [-0.15, -0.1) is 24.0 Å². The summed E-state index contributed by atoms with van der Waals surface area (Å²) in [6.07, 6.45) is 3.07. The van der Waals surface area contributed by atoms with Crippen LogP contribution in [0.15, 0.2) is 4.99 Å². The van der Waals surface area contributed by atoms with Gasteiger partial charge in [-0.1, -0.05) is 0 Å². The number of hydrogen-bond acceptors (Lipinski definition) is 5. The molecule has 0 aliphatic carbocycles. The second kappa shape index (κ2) is 10.2. The summed E-state index contributed by atoms with van der Waals surface area (Å²) in [6.45, 7) is 8.28. The lowest BCUT2D eigenvalue weighted by Gasteiger charge is -2.37. The van der Waals surface area contributed by atoms with Crippen molar-refractivity contribution in [2.45, 2.75) is 30.9 Å². The van der Waals surface area contributed by atoms with E-state index in [1.807, 2.05) is 7.05 Å². The summed E-state index contributed by atoms with van der Waals surface area (Å²) in [7, 11) is 3.67. The Morgan fingerprint density at radius 2 is 1.84 bits per heavy atom. The first kappa shape index (κ1) is 21.1. The van der Waals surface area contributed by atoms with Crippen molar-refractivity contribution in [2.75, 3.05) is 73.3 Å². The van der Waals surface area contributed by atoms with Crippen LogP contribution in [0.2, 0.25) is 0 Å². The van der Waals surface area contributed by atoms with Crippen molar-refractivity contribution in [3.63, 3.8) is 0 Å². The number of nitrogens with one attached hydrogen (secondary N) is 1. The highest BCUT2D eigenvalue weighted by Gasteiger charge is 2.34. The molecule has 3 fully saturated rings. The summed E-state index contributed by atoms with van der Waals surface area (Å²) in [4.78, 5) is 9.44. The molecule has 0 amide bonds. The molecule has 8 heteroatoms. The Kier molecular flexibility index (Phi) is 8.67. The lowest BCUT2D eigenvalue weighted by molar-refractivity contribution is -0.0857. The highest BCUT2D eigenvalue weighted by atomic mass is 127. The SMILES string of the molecule is CN=C(NCC1(OC)CCOCC1)N1CCC(N2CCOCC2)C1.I. The zero-order valence-electron chi connectivity index (χ0n) is 15.5. The van der Waals surface area contributed by atoms with Crippen LogP contribution in [0.3, 0.4) is 0 Å². The first-order valence-electron chi connectivity index (χ1n) is 9.17. The van der Waals surface area contributed by atoms with E-state index in [1.165, 1.54) is 6.42 Å². The molecule has 1 unspecified atom stereocenters. The van der Waals surface area contributed by atoms with Gasteiger partial charge in [0.15, 0.2) is 5.96 Å². The van der Waals surface area contributed by atoms with Crippen molar-refractivity contribution in [3.05, 3.63) is 0 Å². The fraction of sp³-hybridized carbons (Fsp3) is 0.941. The van der Waals surface area contributed by atoms with Crippen LogP contribution in [0.25, 0.3) is 0 Å². The molecule has 0 aromatic rings. The highest BCUT2D eigenvalue weighted by molar-refractivity contribution is 14.0. The summed E-state index contributed by atoms with van der Waals surface area (Å²) in [5.74, 6) is 0.994. The van der Waals surface area contributed by atoms with Crippen LogP contribution in [-0.2, 0) is 14.2 Å². The Hall–Kier alpha value is -0.160. The Morgan fingerprint density at radius 1 is 1.16 bits per heavy atom. The number of rotatable bonds is 4. The van der Waals surface area contributed by atoms with Crippen LogP contribution in [0.1, 0.15) is 19.3 Å². The largest absolute Gasteiger partial charge is 0.381 e. The maximum atomic E-state index is 5.81. The fourth-order valence-electron chi connectivity index (χ4n) is 3.94. The standard InChI is InChI=1S/C17H32N4O3.HI/c1-18-16(19-14-17(22-2)4-9-23-10-5-17)21-6-3-15(13-21)20-7-11-24-12-8-20;/h15H,3-14H2,1-2H3,(H,18,19);1H. The predicted molar refractivity (Wildman–Crippen MR) is 109 cm³/mol. The third-order valence-corrected chi connectivity index (χ3v) is 5.64.